The first kappa shape index (κ1) is 35.1. The highest BCUT2D eigenvalue weighted by Gasteiger charge is 2.74. The van der Waals surface area contributed by atoms with Gasteiger partial charge in [-0.1, -0.05) is 24.3 Å². The number of hydrogen-bond acceptors (Lipinski definition) is 4. The maximum atomic E-state index is 14.4. The highest BCUT2D eigenvalue weighted by Crippen LogP contribution is 2.51. The number of fused-ring (bicyclic) bond motifs is 2. The molecule has 0 radical (unpaired) electrons. The summed E-state index contributed by atoms with van der Waals surface area (Å²) < 4.78 is 189. The fraction of sp³-hybridized carbons (Fsp3) is 0.250. The van der Waals surface area contributed by atoms with Crippen LogP contribution in [0.25, 0.3) is 43.1 Å². The van der Waals surface area contributed by atoms with Crippen molar-refractivity contribution in [3.63, 3.8) is 0 Å². The third-order valence-electron chi connectivity index (χ3n) is 9.15. The molecule has 6 nitrogen and oxygen atoms in total. The maximum Gasteiger partial charge on any atom is 0.459 e. The Hall–Kier alpha value is -5.30. The van der Waals surface area contributed by atoms with Crippen LogP contribution in [0, 0.1) is 0 Å². The van der Waals surface area contributed by atoms with Gasteiger partial charge in [0.1, 0.15) is 0 Å². The van der Waals surface area contributed by atoms with Crippen LogP contribution >= 0.6 is 0 Å². The van der Waals surface area contributed by atoms with E-state index in [2.05, 4.69) is 0 Å². The van der Waals surface area contributed by atoms with Crippen LogP contribution < -0.4 is 0 Å². The lowest BCUT2D eigenvalue weighted by atomic mass is 9.82. The molecule has 0 N–H and O–H groups in total. The van der Waals surface area contributed by atoms with E-state index >= 15 is 0 Å². The van der Waals surface area contributed by atoms with E-state index in [1.807, 2.05) is 0 Å². The lowest BCUT2D eigenvalue weighted by Gasteiger charge is -2.34. The summed E-state index contributed by atoms with van der Waals surface area (Å²) in [5, 5.41) is 0.199. The molecule has 0 unspecified atom stereocenters. The van der Waals surface area contributed by atoms with Crippen molar-refractivity contribution in [3.05, 3.63) is 70.8 Å². The third-order valence-corrected chi connectivity index (χ3v) is 9.15. The minimum absolute atomic E-state index is 0.0587. The zero-order valence-corrected chi connectivity index (χ0v) is 24.9. The van der Waals surface area contributed by atoms with E-state index in [-0.39, 0.29) is 43.1 Å². The average Bonchev–Trinajstić information content (AvgIpc) is 3.04. The standard InChI is InChI=1S/C32H12F14N2O4/c33-27(34,29(37,38)31(41,42)43)9-47-23(49)15-5-1-11-12-2-6-17-22-18(26(52)48(25(17)51)10-28(35,36)30(39,40)32(44,45)46)8-4-14(20(12)22)13-3-7-16(24(47)50)21(15)19(11)13/h1-8H,9-10H2. The molecule has 0 aromatic heterocycles. The van der Waals surface area contributed by atoms with Crippen molar-refractivity contribution >= 4 is 66.7 Å². The summed E-state index contributed by atoms with van der Waals surface area (Å²) in [5.41, 5.74) is -2.19. The van der Waals surface area contributed by atoms with Crippen molar-refractivity contribution in [2.75, 3.05) is 13.1 Å². The number of carbonyl (C=O) groups excluding carboxylic acids is 4. The van der Waals surface area contributed by atoms with Crippen molar-refractivity contribution in [2.24, 2.45) is 0 Å². The molecule has 0 atom stereocenters. The Bertz CT molecular complexity index is 2160. The Morgan fingerprint density at radius 3 is 0.808 bits per heavy atom. The van der Waals surface area contributed by atoms with Gasteiger partial charge < -0.3 is 0 Å². The average molecular weight is 754 g/mol. The molecule has 0 bridgehead atoms. The lowest BCUT2D eigenvalue weighted by molar-refractivity contribution is -0.354. The summed E-state index contributed by atoms with van der Waals surface area (Å²) in [6.45, 7) is -5.29. The fourth-order valence-corrected chi connectivity index (χ4v) is 6.67. The van der Waals surface area contributed by atoms with Gasteiger partial charge in [0.2, 0.25) is 0 Å². The second-order valence-corrected chi connectivity index (χ2v) is 12.1. The van der Waals surface area contributed by atoms with Crippen LogP contribution in [0.4, 0.5) is 61.5 Å². The molecule has 52 heavy (non-hydrogen) atoms. The van der Waals surface area contributed by atoms with Gasteiger partial charge in [-0.15, -0.1) is 0 Å². The molecule has 2 aliphatic heterocycles. The van der Waals surface area contributed by atoms with Crippen LogP contribution in [-0.4, -0.2) is 82.6 Å². The summed E-state index contributed by atoms with van der Waals surface area (Å²) in [4.78, 5) is 52.3. The van der Waals surface area contributed by atoms with Crippen LogP contribution in [0.1, 0.15) is 41.4 Å². The Labute approximate surface area is 277 Å². The number of rotatable bonds is 6. The molecule has 272 valence electrons. The van der Waals surface area contributed by atoms with Gasteiger partial charge in [0.15, 0.2) is 0 Å². The van der Waals surface area contributed by atoms with E-state index in [4.69, 9.17) is 0 Å². The highest BCUT2D eigenvalue weighted by molar-refractivity contribution is 6.41. The van der Waals surface area contributed by atoms with Crippen LogP contribution in [0.15, 0.2) is 48.5 Å². The quantitative estimate of drug-likeness (QED) is 0.0754. The van der Waals surface area contributed by atoms with Crippen LogP contribution in [-0.2, 0) is 0 Å². The van der Waals surface area contributed by atoms with Gasteiger partial charge in [0, 0.05) is 33.0 Å². The molecule has 4 amide bonds. The summed E-state index contributed by atoms with van der Waals surface area (Å²) in [7, 11) is 0. The molecular weight excluding hydrogens is 742 g/mol. The molecule has 5 aromatic rings. The van der Waals surface area contributed by atoms with Crippen molar-refractivity contribution in [1.29, 1.82) is 0 Å². The van der Waals surface area contributed by atoms with Gasteiger partial charge >= 0.3 is 36.0 Å². The molecule has 0 aliphatic carbocycles. The van der Waals surface area contributed by atoms with E-state index in [0.29, 0.717) is 0 Å². The van der Waals surface area contributed by atoms with E-state index in [1.54, 1.807) is 0 Å². The molecule has 7 rings (SSSR count). The van der Waals surface area contributed by atoms with Gasteiger partial charge in [-0.2, -0.15) is 61.5 Å². The van der Waals surface area contributed by atoms with E-state index in [9.17, 15) is 80.6 Å². The van der Waals surface area contributed by atoms with Crippen LogP contribution in [0.3, 0.4) is 0 Å². The van der Waals surface area contributed by atoms with E-state index in [1.165, 1.54) is 24.3 Å². The molecule has 2 aliphatic rings. The van der Waals surface area contributed by atoms with Gasteiger partial charge in [0.25, 0.3) is 23.6 Å². The number of amides is 4. The number of benzene rings is 5. The Balaban J connectivity index is 1.38. The number of nitrogens with zero attached hydrogens (tertiary/aromatic N) is 2. The van der Waals surface area contributed by atoms with Gasteiger partial charge in [-0.05, 0) is 56.6 Å². The number of hydrogen-bond donors (Lipinski definition) is 0. The molecule has 5 aromatic carbocycles. The van der Waals surface area contributed by atoms with Gasteiger partial charge in [0.05, 0.1) is 13.1 Å². The Kier molecular flexibility index (Phi) is 6.88. The SMILES string of the molecule is O=C1c2ccc3c4ccc5c6c(ccc(c7ccc(c2c37)C(=O)N1CC(F)(F)C(F)(F)C(F)(F)F)c64)C(=O)N(CC(F)(F)C(F)(F)C(F)(F)F)C5=O. The third kappa shape index (κ3) is 4.31. The van der Waals surface area contributed by atoms with Crippen molar-refractivity contribution < 1.29 is 80.6 Å². The second kappa shape index (κ2) is 10.2. The lowest BCUT2D eigenvalue weighted by Crippen LogP contribution is -2.59. The molecule has 0 fully saturated rings. The van der Waals surface area contributed by atoms with Crippen LogP contribution in [0.5, 0.6) is 0 Å². The fourth-order valence-electron chi connectivity index (χ4n) is 6.67. The maximum absolute atomic E-state index is 14.4. The Morgan fingerprint density at radius 2 is 0.596 bits per heavy atom. The monoisotopic (exact) mass is 754 g/mol. The van der Waals surface area contributed by atoms with E-state index < -0.39 is 105 Å². The largest absolute Gasteiger partial charge is 0.459 e. The molecule has 2 heterocycles. The van der Waals surface area contributed by atoms with Gasteiger partial charge in [-0.25, -0.2) is 0 Å². The second-order valence-electron chi connectivity index (χ2n) is 12.1. The number of carbonyl (C=O) groups is 4. The number of imide groups is 2. The zero-order chi connectivity index (χ0) is 38.5. The van der Waals surface area contributed by atoms with Crippen molar-refractivity contribution in [1.82, 2.24) is 9.80 Å². The zero-order valence-electron chi connectivity index (χ0n) is 24.9. The van der Waals surface area contributed by atoms with Crippen molar-refractivity contribution in [3.8, 4) is 0 Å². The summed E-state index contributed by atoms with van der Waals surface area (Å²) >= 11 is 0. The summed E-state index contributed by atoms with van der Waals surface area (Å²) in [6.07, 6.45) is -13.5. The minimum atomic E-state index is -6.74. The summed E-state index contributed by atoms with van der Waals surface area (Å²) in [5.74, 6) is -31.7. The normalized spacial score (nSPS) is 16.5. The topological polar surface area (TPSA) is 74.8 Å². The molecule has 0 saturated heterocycles. The number of alkyl halides is 14. The smallest absolute Gasteiger partial charge is 0.269 e. The highest BCUT2D eigenvalue weighted by atomic mass is 19.4. The van der Waals surface area contributed by atoms with E-state index in [0.717, 1.165) is 24.3 Å². The first-order valence-corrected chi connectivity index (χ1v) is 14.3. The molecular formula is C32H12F14N2O4. The van der Waals surface area contributed by atoms with Crippen molar-refractivity contribution in [2.45, 2.75) is 36.0 Å². The first-order chi connectivity index (χ1) is 23.8. The van der Waals surface area contributed by atoms with Gasteiger partial charge in [-0.3, -0.25) is 29.0 Å². The Morgan fingerprint density at radius 1 is 0.365 bits per heavy atom. The van der Waals surface area contributed by atoms with Crippen LogP contribution in [0.2, 0.25) is 0 Å². The minimum Gasteiger partial charge on any atom is -0.269 e. The molecule has 20 heteroatoms. The predicted octanol–water partition coefficient (Wildman–Crippen LogP) is 8.60. The molecule has 0 spiro atoms. The predicted molar refractivity (Wildman–Crippen MR) is 150 cm³/mol. The molecule has 0 saturated carbocycles. The number of halogens is 14. The summed E-state index contributed by atoms with van der Waals surface area (Å²) in [6, 6.07) is 8.50. The first-order valence-electron chi connectivity index (χ1n) is 14.3.